The average molecular weight is 210 g/mol. The molecule has 0 aliphatic carbocycles. The zero-order valence-electron chi connectivity index (χ0n) is 9.23. The summed E-state index contributed by atoms with van der Waals surface area (Å²) in [6.07, 6.45) is 4.54. The Morgan fingerprint density at radius 2 is 2.33 bits per heavy atom. The van der Waals surface area contributed by atoms with Gasteiger partial charge in [0.15, 0.2) is 0 Å². The Bertz CT molecular complexity index is 282. The normalized spacial score (nSPS) is 10.3. The van der Waals surface area contributed by atoms with Crippen LogP contribution in [0.1, 0.15) is 20.3 Å². The van der Waals surface area contributed by atoms with Gasteiger partial charge in [0.1, 0.15) is 0 Å². The third-order valence-electron chi connectivity index (χ3n) is 1.83. The van der Waals surface area contributed by atoms with Gasteiger partial charge in [0.2, 0.25) is 0 Å². The van der Waals surface area contributed by atoms with Crippen LogP contribution in [0, 0.1) is 0 Å². The van der Waals surface area contributed by atoms with Crippen molar-refractivity contribution in [3.05, 3.63) is 18.5 Å². The van der Waals surface area contributed by atoms with Crippen molar-refractivity contribution >= 4 is 6.03 Å². The summed E-state index contributed by atoms with van der Waals surface area (Å²) in [6, 6.07) is 1.96. The smallest absolute Gasteiger partial charge is 0.314 e. The SMILES string of the molecule is CC(C)NC(=O)NCCCn1cccn1. The van der Waals surface area contributed by atoms with Crippen LogP contribution in [0.3, 0.4) is 0 Å². The molecular weight excluding hydrogens is 192 g/mol. The van der Waals surface area contributed by atoms with E-state index in [0.29, 0.717) is 6.54 Å². The van der Waals surface area contributed by atoms with Crippen molar-refractivity contribution in [2.45, 2.75) is 32.9 Å². The maximum atomic E-state index is 11.2. The fraction of sp³-hybridized carbons (Fsp3) is 0.600. The van der Waals surface area contributed by atoms with Gasteiger partial charge in [-0.15, -0.1) is 0 Å². The monoisotopic (exact) mass is 210 g/mol. The fourth-order valence-corrected chi connectivity index (χ4v) is 1.19. The van der Waals surface area contributed by atoms with Gasteiger partial charge in [0, 0.05) is 31.5 Å². The lowest BCUT2D eigenvalue weighted by atomic mass is 10.4. The van der Waals surface area contributed by atoms with Gasteiger partial charge in [-0.2, -0.15) is 5.10 Å². The molecule has 1 aromatic heterocycles. The Morgan fingerprint density at radius 1 is 1.53 bits per heavy atom. The quantitative estimate of drug-likeness (QED) is 0.712. The molecule has 1 heterocycles. The first-order valence-electron chi connectivity index (χ1n) is 5.20. The lowest BCUT2D eigenvalue weighted by molar-refractivity contribution is 0.238. The molecule has 0 saturated carbocycles. The van der Waals surface area contributed by atoms with E-state index in [4.69, 9.17) is 0 Å². The second-order valence-corrected chi connectivity index (χ2v) is 3.68. The summed E-state index contributed by atoms with van der Waals surface area (Å²) in [7, 11) is 0. The van der Waals surface area contributed by atoms with E-state index in [1.54, 1.807) is 6.20 Å². The van der Waals surface area contributed by atoms with Gasteiger partial charge in [0.25, 0.3) is 0 Å². The summed E-state index contributed by atoms with van der Waals surface area (Å²) in [4.78, 5) is 11.2. The van der Waals surface area contributed by atoms with Crippen LogP contribution in [0.2, 0.25) is 0 Å². The molecule has 0 aliphatic rings. The van der Waals surface area contributed by atoms with Crippen molar-refractivity contribution in [3.8, 4) is 0 Å². The molecule has 0 unspecified atom stereocenters. The lowest BCUT2D eigenvalue weighted by Crippen LogP contribution is -2.40. The van der Waals surface area contributed by atoms with E-state index in [1.165, 1.54) is 0 Å². The molecule has 84 valence electrons. The molecule has 0 fully saturated rings. The first kappa shape index (κ1) is 11.6. The van der Waals surface area contributed by atoms with Gasteiger partial charge in [-0.3, -0.25) is 4.68 Å². The summed E-state index contributed by atoms with van der Waals surface area (Å²) >= 11 is 0. The lowest BCUT2D eigenvalue weighted by Gasteiger charge is -2.09. The summed E-state index contributed by atoms with van der Waals surface area (Å²) in [5, 5.41) is 9.62. The van der Waals surface area contributed by atoms with Crippen molar-refractivity contribution in [1.82, 2.24) is 20.4 Å². The van der Waals surface area contributed by atoms with Crippen LogP contribution in [0.15, 0.2) is 18.5 Å². The molecule has 1 rings (SSSR count). The van der Waals surface area contributed by atoms with Crippen LogP contribution >= 0.6 is 0 Å². The van der Waals surface area contributed by atoms with Gasteiger partial charge in [-0.05, 0) is 26.3 Å². The van der Waals surface area contributed by atoms with Gasteiger partial charge < -0.3 is 10.6 Å². The molecule has 1 aromatic rings. The Labute approximate surface area is 89.9 Å². The van der Waals surface area contributed by atoms with Crippen molar-refractivity contribution in [2.24, 2.45) is 0 Å². The maximum Gasteiger partial charge on any atom is 0.314 e. The molecule has 2 N–H and O–H groups in total. The topological polar surface area (TPSA) is 59.0 Å². The molecule has 2 amide bonds. The molecule has 0 saturated heterocycles. The predicted octanol–water partition coefficient (Wildman–Crippen LogP) is 0.981. The Morgan fingerprint density at radius 3 is 2.93 bits per heavy atom. The van der Waals surface area contributed by atoms with E-state index < -0.39 is 0 Å². The minimum absolute atomic E-state index is 0.106. The number of nitrogens with zero attached hydrogens (tertiary/aromatic N) is 2. The number of aromatic nitrogens is 2. The number of carbonyl (C=O) groups excluding carboxylic acids is 1. The van der Waals surface area contributed by atoms with Gasteiger partial charge in [-0.1, -0.05) is 0 Å². The van der Waals surface area contributed by atoms with Crippen LogP contribution in [-0.2, 0) is 6.54 Å². The number of amides is 2. The highest BCUT2D eigenvalue weighted by molar-refractivity contribution is 5.73. The van der Waals surface area contributed by atoms with Gasteiger partial charge in [-0.25, -0.2) is 4.79 Å². The number of urea groups is 1. The zero-order chi connectivity index (χ0) is 11.1. The molecule has 0 atom stereocenters. The third-order valence-corrected chi connectivity index (χ3v) is 1.83. The average Bonchev–Trinajstić information content (AvgIpc) is 2.63. The third kappa shape index (κ3) is 5.05. The molecule has 0 aliphatic heterocycles. The van der Waals surface area contributed by atoms with Crippen LogP contribution in [-0.4, -0.2) is 28.4 Å². The van der Waals surface area contributed by atoms with Crippen LogP contribution in [0.5, 0.6) is 0 Å². The Kier molecular flexibility index (Phi) is 4.66. The van der Waals surface area contributed by atoms with Crippen LogP contribution in [0.25, 0.3) is 0 Å². The van der Waals surface area contributed by atoms with Crippen LogP contribution in [0.4, 0.5) is 4.79 Å². The Hall–Kier alpha value is -1.52. The second kappa shape index (κ2) is 6.06. The van der Waals surface area contributed by atoms with E-state index in [2.05, 4.69) is 15.7 Å². The summed E-state index contributed by atoms with van der Waals surface area (Å²) < 4.78 is 1.85. The van der Waals surface area contributed by atoms with Crippen molar-refractivity contribution in [1.29, 1.82) is 0 Å². The standard InChI is InChI=1S/C10H18N4O/c1-9(2)13-10(15)11-5-3-7-14-8-4-6-12-14/h4,6,8-9H,3,5,7H2,1-2H3,(H2,11,13,15). The van der Waals surface area contributed by atoms with E-state index in [0.717, 1.165) is 13.0 Å². The number of hydrogen-bond acceptors (Lipinski definition) is 2. The van der Waals surface area contributed by atoms with Crippen molar-refractivity contribution < 1.29 is 4.79 Å². The summed E-state index contributed by atoms with van der Waals surface area (Å²) in [5.74, 6) is 0. The second-order valence-electron chi connectivity index (χ2n) is 3.68. The first-order valence-corrected chi connectivity index (χ1v) is 5.20. The largest absolute Gasteiger partial charge is 0.338 e. The van der Waals surface area contributed by atoms with Crippen molar-refractivity contribution in [2.75, 3.05) is 6.54 Å². The molecule has 5 heteroatoms. The molecule has 0 spiro atoms. The molecule has 15 heavy (non-hydrogen) atoms. The number of carbonyl (C=O) groups is 1. The number of nitrogens with one attached hydrogen (secondary N) is 2. The van der Waals surface area contributed by atoms with Gasteiger partial charge in [0.05, 0.1) is 0 Å². The van der Waals surface area contributed by atoms with E-state index in [-0.39, 0.29) is 12.1 Å². The fourth-order valence-electron chi connectivity index (χ4n) is 1.19. The number of rotatable bonds is 5. The first-order chi connectivity index (χ1) is 7.18. The molecular formula is C10H18N4O. The zero-order valence-corrected chi connectivity index (χ0v) is 9.23. The number of hydrogen-bond donors (Lipinski definition) is 2. The minimum Gasteiger partial charge on any atom is -0.338 e. The Balaban J connectivity index is 2.04. The van der Waals surface area contributed by atoms with Crippen molar-refractivity contribution in [3.63, 3.8) is 0 Å². The van der Waals surface area contributed by atoms with E-state index in [9.17, 15) is 4.79 Å². The minimum atomic E-state index is -0.106. The maximum absolute atomic E-state index is 11.2. The molecule has 0 bridgehead atoms. The summed E-state index contributed by atoms with van der Waals surface area (Å²) in [6.45, 7) is 5.36. The highest BCUT2D eigenvalue weighted by Gasteiger charge is 2.00. The number of aryl methyl sites for hydroxylation is 1. The summed E-state index contributed by atoms with van der Waals surface area (Å²) in [5.41, 5.74) is 0. The van der Waals surface area contributed by atoms with E-state index >= 15 is 0 Å². The molecule has 0 aromatic carbocycles. The molecule has 5 nitrogen and oxygen atoms in total. The predicted molar refractivity (Wildman–Crippen MR) is 58.5 cm³/mol. The highest BCUT2D eigenvalue weighted by Crippen LogP contribution is 1.87. The van der Waals surface area contributed by atoms with Crippen LogP contribution < -0.4 is 10.6 Å². The van der Waals surface area contributed by atoms with E-state index in [1.807, 2.05) is 30.8 Å². The molecule has 0 radical (unpaired) electrons. The highest BCUT2D eigenvalue weighted by atomic mass is 16.2. The van der Waals surface area contributed by atoms with Gasteiger partial charge >= 0.3 is 6.03 Å².